The molecule has 0 aliphatic heterocycles. The Hall–Kier alpha value is -0.960. The number of halogens is 3. The molecule has 0 bridgehead atoms. The summed E-state index contributed by atoms with van der Waals surface area (Å²) in [6.45, 7) is -0.512. The number of aliphatic hydroxyl groups excluding tert-OH is 1. The van der Waals surface area contributed by atoms with Crippen LogP contribution in [0, 0.1) is 3.57 Å². The molecule has 1 aromatic rings. The lowest BCUT2D eigenvalue weighted by Gasteiger charge is -2.15. The number of alkyl halides is 2. The molecule has 0 spiro atoms. The predicted octanol–water partition coefficient (Wildman–Crippen LogP) is 1.84. The molecular formula is C9H7F2IO4. The first-order chi connectivity index (χ1) is 7.36. The standard InChI is InChI=1S/C9H7F2IO4/c10-9(11,8(14)15)16-7-2-1-6(12)3-5(7)4-13/h1-3,13H,4H2,(H,14,15). The normalized spacial score (nSPS) is 11.2. The lowest BCUT2D eigenvalue weighted by molar-refractivity contribution is -0.211. The van der Waals surface area contributed by atoms with E-state index in [1.807, 2.05) is 22.6 Å². The smallest absolute Gasteiger partial charge is 0.474 e. The van der Waals surface area contributed by atoms with Gasteiger partial charge in [0.05, 0.1) is 6.61 Å². The minimum atomic E-state index is -4.31. The van der Waals surface area contributed by atoms with Crippen LogP contribution < -0.4 is 4.74 Å². The van der Waals surface area contributed by atoms with Crippen LogP contribution in [-0.2, 0) is 11.4 Å². The largest absolute Gasteiger partial charge is 0.501 e. The summed E-state index contributed by atoms with van der Waals surface area (Å²) in [4.78, 5) is 10.2. The first kappa shape index (κ1) is 13.1. The molecule has 7 heteroatoms. The molecule has 0 amide bonds. The second-order valence-corrected chi connectivity index (χ2v) is 4.08. The number of carboxylic acid groups (broad SMARTS) is 1. The Balaban J connectivity index is 3.01. The molecule has 4 nitrogen and oxygen atoms in total. The minimum absolute atomic E-state index is 0.104. The molecule has 0 heterocycles. The van der Waals surface area contributed by atoms with Crippen molar-refractivity contribution in [3.63, 3.8) is 0 Å². The van der Waals surface area contributed by atoms with E-state index in [1.54, 1.807) is 0 Å². The van der Waals surface area contributed by atoms with Gasteiger partial charge in [0.2, 0.25) is 0 Å². The van der Waals surface area contributed by atoms with Gasteiger partial charge in [0.1, 0.15) is 5.75 Å². The first-order valence-corrected chi connectivity index (χ1v) is 5.14. The molecule has 0 saturated heterocycles. The summed E-state index contributed by atoms with van der Waals surface area (Å²) in [6, 6.07) is 4.07. The van der Waals surface area contributed by atoms with Crippen LogP contribution in [0.2, 0.25) is 0 Å². The van der Waals surface area contributed by atoms with Crippen LogP contribution >= 0.6 is 22.6 Å². The molecule has 1 aromatic carbocycles. The summed E-state index contributed by atoms with van der Waals surface area (Å²) in [5.74, 6) is -2.73. The van der Waals surface area contributed by atoms with Gasteiger partial charge in [0.15, 0.2) is 0 Å². The van der Waals surface area contributed by atoms with Gasteiger partial charge in [0, 0.05) is 9.13 Å². The van der Waals surface area contributed by atoms with Gasteiger partial charge in [-0.2, -0.15) is 8.78 Å². The molecule has 0 aromatic heterocycles. The summed E-state index contributed by atoms with van der Waals surface area (Å²) in [5.41, 5.74) is 0.104. The molecule has 0 unspecified atom stereocenters. The highest BCUT2D eigenvalue weighted by Crippen LogP contribution is 2.27. The lowest BCUT2D eigenvalue weighted by atomic mass is 10.2. The zero-order valence-electron chi connectivity index (χ0n) is 7.78. The van der Waals surface area contributed by atoms with Crippen molar-refractivity contribution >= 4 is 28.6 Å². The molecule has 2 N–H and O–H groups in total. The van der Waals surface area contributed by atoms with Gasteiger partial charge < -0.3 is 14.9 Å². The average Bonchev–Trinajstić information content (AvgIpc) is 2.20. The molecule has 0 atom stereocenters. The van der Waals surface area contributed by atoms with E-state index < -0.39 is 18.7 Å². The quantitative estimate of drug-likeness (QED) is 0.818. The van der Waals surface area contributed by atoms with Crippen molar-refractivity contribution in [2.45, 2.75) is 12.7 Å². The number of aliphatic hydroxyl groups is 1. The van der Waals surface area contributed by atoms with Crippen molar-refractivity contribution in [1.29, 1.82) is 0 Å². The van der Waals surface area contributed by atoms with Crippen molar-refractivity contribution in [3.05, 3.63) is 27.3 Å². The van der Waals surface area contributed by atoms with E-state index in [0.29, 0.717) is 3.57 Å². The van der Waals surface area contributed by atoms with E-state index >= 15 is 0 Å². The summed E-state index contributed by atoms with van der Waals surface area (Å²) >= 11 is 1.93. The molecule has 0 fully saturated rings. The molecule has 16 heavy (non-hydrogen) atoms. The maximum Gasteiger partial charge on any atom is 0.501 e. The van der Waals surface area contributed by atoms with Crippen LogP contribution in [0.5, 0.6) is 5.75 Å². The Kier molecular flexibility index (Phi) is 4.03. The number of benzene rings is 1. The Morgan fingerprint density at radius 2 is 2.12 bits per heavy atom. The van der Waals surface area contributed by atoms with Gasteiger partial charge in [-0.25, -0.2) is 4.79 Å². The average molecular weight is 344 g/mol. The fourth-order valence-corrected chi connectivity index (χ4v) is 1.51. The predicted molar refractivity (Wildman–Crippen MR) is 58.3 cm³/mol. The number of ether oxygens (including phenoxy) is 1. The third kappa shape index (κ3) is 3.01. The Morgan fingerprint density at radius 3 is 2.62 bits per heavy atom. The Labute approximate surface area is 103 Å². The summed E-state index contributed by atoms with van der Waals surface area (Å²) in [6.07, 6.45) is -4.31. The van der Waals surface area contributed by atoms with Crippen LogP contribution in [0.3, 0.4) is 0 Å². The fourth-order valence-electron chi connectivity index (χ4n) is 0.953. The van der Waals surface area contributed by atoms with Gasteiger partial charge in [-0.05, 0) is 40.8 Å². The fraction of sp³-hybridized carbons (Fsp3) is 0.222. The zero-order chi connectivity index (χ0) is 12.3. The monoisotopic (exact) mass is 344 g/mol. The van der Waals surface area contributed by atoms with Crippen LogP contribution in [0.1, 0.15) is 5.56 Å². The van der Waals surface area contributed by atoms with Crippen LogP contribution in [-0.4, -0.2) is 22.3 Å². The summed E-state index contributed by atoms with van der Waals surface area (Å²) in [7, 11) is 0. The van der Waals surface area contributed by atoms with E-state index in [4.69, 9.17) is 10.2 Å². The zero-order valence-corrected chi connectivity index (χ0v) is 9.94. The van der Waals surface area contributed by atoms with E-state index in [1.165, 1.54) is 18.2 Å². The van der Waals surface area contributed by atoms with Crippen LogP contribution in [0.4, 0.5) is 8.78 Å². The van der Waals surface area contributed by atoms with E-state index in [0.717, 1.165) is 0 Å². The van der Waals surface area contributed by atoms with Crippen LogP contribution in [0.25, 0.3) is 0 Å². The van der Waals surface area contributed by atoms with Crippen molar-refractivity contribution in [3.8, 4) is 5.75 Å². The maximum atomic E-state index is 12.7. The molecule has 0 aliphatic rings. The second kappa shape index (κ2) is 4.91. The minimum Gasteiger partial charge on any atom is -0.474 e. The van der Waals surface area contributed by atoms with E-state index in [2.05, 4.69) is 4.74 Å². The van der Waals surface area contributed by atoms with Crippen molar-refractivity contribution < 1.29 is 28.5 Å². The topological polar surface area (TPSA) is 66.8 Å². The molecule has 1 rings (SSSR count). The van der Waals surface area contributed by atoms with Gasteiger partial charge in [-0.3, -0.25) is 0 Å². The number of rotatable bonds is 4. The number of carboxylic acids is 1. The number of aliphatic carboxylic acids is 1. The highest BCUT2D eigenvalue weighted by Gasteiger charge is 2.42. The number of hydrogen-bond donors (Lipinski definition) is 2. The van der Waals surface area contributed by atoms with Gasteiger partial charge >= 0.3 is 12.1 Å². The maximum absolute atomic E-state index is 12.7. The Morgan fingerprint density at radius 1 is 1.50 bits per heavy atom. The highest BCUT2D eigenvalue weighted by atomic mass is 127. The molecule has 0 aliphatic carbocycles. The number of hydrogen-bond acceptors (Lipinski definition) is 3. The van der Waals surface area contributed by atoms with E-state index in [-0.39, 0.29) is 11.3 Å². The summed E-state index contributed by atoms with van der Waals surface area (Å²) in [5, 5.41) is 17.1. The molecule has 88 valence electrons. The van der Waals surface area contributed by atoms with Crippen LogP contribution in [0.15, 0.2) is 18.2 Å². The van der Waals surface area contributed by atoms with Gasteiger partial charge in [-0.1, -0.05) is 0 Å². The summed E-state index contributed by atoms with van der Waals surface area (Å²) < 4.78 is 30.2. The second-order valence-electron chi connectivity index (χ2n) is 2.83. The third-order valence-corrected chi connectivity index (χ3v) is 2.35. The van der Waals surface area contributed by atoms with Crippen molar-refractivity contribution in [1.82, 2.24) is 0 Å². The number of carbonyl (C=O) groups is 1. The molecular weight excluding hydrogens is 337 g/mol. The van der Waals surface area contributed by atoms with Crippen molar-refractivity contribution in [2.24, 2.45) is 0 Å². The SMILES string of the molecule is O=C(O)C(F)(F)Oc1ccc(I)cc1CO. The lowest BCUT2D eigenvalue weighted by Crippen LogP contribution is -2.35. The van der Waals surface area contributed by atoms with E-state index in [9.17, 15) is 13.6 Å². The Bertz CT molecular complexity index is 408. The van der Waals surface area contributed by atoms with Gasteiger partial charge in [-0.15, -0.1) is 0 Å². The third-order valence-electron chi connectivity index (χ3n) is 1.68. The van der Waals surface area contributed by atoms with Gasteiger partial charge in [0.25, 0.3) is 0 Å². The molecule has 0 saturated carbocycles. The molecule has 0 radical (unpaired) electrons. The highest BCUT2D eigenvalue weighted by molar-refractivity contribution is 14.1. The van der Waals surface area contributed by atoms with Crippen molar-refractivity contribution in [2.75, 3.05) is 0 Å². The first-order valence-electron chi connectivity index (χ1n) is 4.06.